The molecule has 0 unspecified atom stereocenters. The highest BCUT2D eigenvalue weighted by molar-refractivity contribution is 9.10. The summed E-state index contributed by atoms with van der Waals surface area (Å²) in [6.45, 7) is 0.719. The molecule has 0 aliphatic carbocycles. The second-order valence-corrected chi connectivity index (χ2v) is 8.97. The van der Waals surface area contributed by atoms with Crippen LogP contribution in [0.5, 0.6) is 0 Å². The molecule has 1 aromatic heterocycles. The van der Waals surface area contributed by atoms with Gasteiger partial charge < -0.3 is 4.57 Å². The summed E-state index contributed by atoms with van der Waals surface area (Å²) in [5.74, 6) is -1.30. The maximum Gasteiger partial charge on any atom is 0.331 e. The maximum atomic E-state index is 13.2. The molecule has 34 heavy (non-hydrogen) atoms. The van der Waals surface area contributed by atoms with Gasteiger partial charge in [0, 0.05) is 33.7 Å². The number of nitrogens with zero attached hydrogens (tertiary/aromatic N) is 2. The van der Waals surface area contributed by atoms with Crippen LogP contribution in [0.2, 0.25) is 0 Å². The predicted molar refractivity (Wildman–Crippen MR) is 134 cm³/mol. The van der Waals surface area contributed by atoms with Crippen LogP contribution in [0.3, 0.4) is 0 Å². The number of imide groups is 2. The summed E-state index contributed by atoms with van der Waals surface area (Å²) in [7, 11) is 0. The zero-order valence-corrected chi connectivity index (χ0v) is 19.7. The molecule has 1 aliphatic rings. The van der Waals surface area contributed by atoms with Crippen molar-refractivity contribution in [2.75, 3.05) is 0 Å². The standard InChI is InChI=1S/C27H20BrN3O3/c28-21-12-10-19(11-13-21)15-30-17-20(22-8-4-5-9-24(22)30)14-23-25(32)29-27(34)31(26(23)33)16-18-6-2-1-3-7-18/h1-14,17H,15-16H2,(H,29,32,34)/b23-14+. The molecule has 3 aromatic carbocycles. The van der Waals surface area contributed by atoms with E-state index in [1.165, 1.54) is 0 Å². The number of rotatable bonds is 5. The molecule has 1 aliphatic heterocycles. The van der Waals surface area contributed by atoms with Gasteiger partial charge in [-0.15, -0.1) is 0 Å². The van der Waals surface area contributed by atoms with Gasteiger partial charge in [0.25, 0.3) is 11.8 Å². The van der Waals surface area contributed by atoms with Gasteiger partial charge in [0.1, 0.15) is 5.57 Å². The Hall–Kier alpha value is -3.97. The van der Waals surface area contributed by atoms with Gasteiger partial charge in [0.2, 0.25) is 0 Å². The minimum atomic E-state index is -0.714. The molecule has 4 aromatic rings. The summed E-state index contributed by atoms with van der Waals surface area (Å²) in [4.78, 5) is 39.3. The minimum Gasteiger partial charge on any atom is -0.342 e. The number of carbonyl (C=O) groups excluding carboxylic acids is 3. The molecule has 0 spiro atoms. The highest BCUT2D eigenvalue weighted by Gasteiger charge is 2.35. The summed E-state index contributed by atoms with van der Waals surface area (Å²) in [6.07, 6.45) is 3.50. The lowest BCUT2D eigenvalue weighted by Gasteiger charge is -2.26. The Labute approximate surface area is 204 Å². The van der Waals surface area contributed by atoms with Crippen LogP contribution in [0.4, 0.5) is 4.79 Å². The van der Waals surface area contributed by atoms with E-state index in [0.717, 1.165) is 37.0 Å². The first-order valence-electron chi connectivity index (χ1n) is 10.7. The van der Waals surface area contributed by atoms with E-state index < -0.39 is 17.8 Å². The van der Waals surface area contributed by atoms with E-state index in [4.69, 9.17) is 0 Å². The van der Waals surface area contributed by atoms with E-state index in [1.807, 2.05) is 85.1 Å². The predicted octanol–water partition coefficient (Wildman–Crippen LogP) is 5.11. The lowest BCUT2D eigenvalue weighted by molar-refractivity contribution is -0.130. The van der Waals surface area contributed by atoms with E-state index in [0.29, 0.717) is 6.54 Å². The molecule has 1 saturated heterocycles. The molecule has 168 valence electrons. The van der Waals surface area contributed by atoms with Gasteiger partial charge in [-0.2, -0.15) is 0 Å². The van der Waals surface area contributed by atoms with Crippen LogP contribution in [-0.2, 0) is 22.7 Å². The molecule has 1 fully saturated rings. The number of urea groups is 1. The third kappa shape index (κ3) is 4.30. The third-order valence-corrected chi connectivity index (χ3v) is 6.28. The number of hydrogen-bond donors (Lipinski definition) is 1. The fourth-order valence-corrected chi connectivity index (χ4v) is 4.33. The van der Waals surface area contributed by atoms with Crippen LogP contribution < -0.4 is 5.32 Å². The van der Waals surface area contributed by atoms with Crippen LogP contribution in [0, 0.1) is 0 Å². The highest BCUT2D eigenvalue weighted by Crippen LogP contribution is 2.26. The van der Waals surface area contributed by atoms with Gasteiger partial charge >= 0.3 is 6.03 Å². The van der Waals surface area contributed by atoms with Crippen molar-refractivity contribution in [3.63, 3.8) is 0 Å². The van der Waals surface area contributed by atoms with Crippen LogP contribution in [-0.4, -0.2) is 27.3 Å². The number of fused-ring (bicyclic) bond motifs is 1. The average Bonchev–Trinajstić information content (AvgIpc) is 3.19. The number of amides is 4. The van der Waals surface area contributed by atoms with E-state index in [2.05, 4.69) is 25.8 Å². The normalized spacial score (nSPS) is 15.3. The Kier molecular flexibility index (Phi) is 5.86. The van der Waals surface area contributed by atoms with E-state index >= 15 is 0 Å². The average molecular weight is 514 g/mol. The minimum absolute atomic E-state index is 0.0675. The molecule has 1 N–H and O–H groups in total. The fourth-order valence-electron chi connectivity index (χ4n) is 4.07. The van der Waals surface area contributed by atoms with Crippen LogP contribution in [0.15, 0.2) is 95.1 Å². The second kappa shape index (κ2) is 9.11. The molecule has 6 nitrogen and oxygen atoms in total. The van der Waals surface area contributed by atoms with Gasteiger partial charge in [0.15, 0.2) is 0 Å². The smallest absolute Gasteiger partial charge is 0.331 e. The van der Waals surface area contributed by atoms with Gasteiger partial charge in [-0.1, -0.05) is 76.6 Å². The van der Waals surface area contributed by atoms with E-state index in [1.54, 1.807) is 6.08 Å². The lowest BCUT2D eigenvalue weighted by Crippen LogP contribution is -2.53. The van der Waals surface area contributed by atoms with Crippen molar-refractivity contribution in [2.24, 2.45) is 0 Å². The van der Waals surface area contributed by atoms with Gasteiger partial charge in [-0.05, 0) is 35.4 Å². The van der Waals surface area contributed by atoms with Crippen LogP contribution in [0.1, 0.15) is 16.7 Å². The number of barbiturate groups is 1. The van der Waals surface area contributed by atoms with Crippen molar-refractivity contribution in [1.82, 2.24) is 14.8 Å². The molecule has 0 saturated carbocycles. The van der Waals surface area contributed by atoms with Crippen molar-refractivity contribution >= 4 is 50.8 Å². The summed E-state index contributed by atoms with van der Waals surface area (Å²) < 4.78 is 3.10. The van der Waals surface area contributed by atoms with Crippen molar-refractivity contribution in [3.8, 4) is 0 Å². The maximum absolute atomic E-state index is 13.2. The molecule has 4 amide bonds. The Balaban J connectivity index is 1.51. The monoisotopic (exact) mass is 513 g/mol. The van der Waals surface area contributed by atoms with Crippen molar-refractivity contribution in [1.29, 1.82) is 0 Å². The molecule has 5 rings (SSSR count). The Bertz CT molecular complexity index is 1440. The lowest BCUT2D eigenvalue weighted by atomic mass is 10.1. The summed E-state index contributed by atoms with van der Waals surface area (Å²) >= 11 is 3.46. The number of aromatic nitrogens is 1. The number of halogens is 1. The first-order chi connectivity index (χ1) is 16.5. The van der Waals surface area contributed by atoms with Gasteiger partial charge in [-0.3, -0.25) is 19.8 Å². The fraction of sp³-hybridized carbons (Fsp3) is 0.0741. The number of para-hydroxylation sites is 1. The summed E-state index contributed by atoms with van der Waals surface area (Å²) in [5.41, 5.74) is 3.57. The van der Waals surface area contributed by atoms with E-state index in [9.17, 15) is 14.4 Å². The second-order valence-electron chi connectivity index (χ2n) is 8.05. The zero-order chi connectivity index (χ0) is 23.7. The quantitative estimate of drug-likeness (QED) is 0.297. The van der Waals surface area contributed by atoms with Gasteiger partial charge in [0.05, 0.1) is 6.54 Å². The van der Waals surface area contributed by atoms with Crippen molar-refractivity contribution in [2.45, 2.75) is 13.1 Å². The highest BCUT2D eigenvalue weighted by atomic mass is 79.9. The Morgan fingerprint density at radius 1 is 0.794 bits per heavy atom. The Morgan fingerprint density at radius 3 is 2.24 bits per heavy atom. The molecule has 0 atom stereocenters. The van der Waals surface area contributed by atoms with Crippen LogP contribution in [0.25, 0.3) is 17.0 Å². The largest absolute Gasteiger partial charge is 0.342 e. The third-order valence-electron chi connectivity index (χ3n) is 5.75. The van der Waals surface area contributed by atoms with Gasteiger partial charge in [-0.25, -0.2) is 4.79 Å². The number of benzene rings is 3. The molecule has 0 bridgehead atoms. The first-order valence-corrected chi connectivity index (χ1v) is 11.5. The topological polar surface area (TPSA) is 71.4 Å². The number of nitrogens with one attached hydrogen (secondary N) is 1. The molecular formula is C27H20BrN3O3. The Morgan fingerprint density at radius 2 is 1.47 bits per heavy atom. The van der Waals surface area contributed by atoms with Crippen LogP contribution >= 0.6 is 15.9 Å². The SMILES string of the molecule is O=C1NC(=O)N(Cc2ccccc2)C(=O)/C1=C/c1cn(Cc2ccc(Br)cc2)c2ccccc12. The summed E-state index contributed by atoms with van der Waals surface area (Å²) in [5, 5.41) is 3.21. The van der Waals surface area contributed by atoms with Crippen molar-refractivity contribution < 1.29 is 14.4 Å². The number of carbonyl (C=O) groups is 3. The van der Waals surface area contributed by atoms with Crippen molar-refractivity contribution in [3.05, 3.63) is 112 Å². The first kappa shape index (κ1) is 21.9. The molecule has 7 heteroatoms. The molecule has 2 heterocycles. The number of hydrogen-bond acceptors (Lipinski definition) is 3. The van der Waals surface area contributed by atoms with E-state index in [-0.39, 0.29) is 12.1 Å². The summed E-state index contributed by atoms with van der Waals surface area (Å²) in [6, 6.07) is 24.4. The molecular weight excluding hydrogens is 494 g/mol. The zero-order valence-electron chi connectivity index (χ0n) is 18.1. The molecule has 0 radical (unpaired) electrons.